The molecule has 0 aliphatic rings. The highest BCUT2D eigenvalue weighted by atomic mass is 79.9. The van der Waals surface area contributed by atoms with Gasteiger partial charge in [-0.3, -0.25) is 4.79 Å². The van der Waals surface area contributed by atoms with E-state index in [4.69, 9.17) is 9.84 Å². The zero-order valence-corrected chi connectivity index (χ0v) is 15.3. The van der Waals surface area contributed by atoms with Gasteiger partial charge in [-0.2, -0.15) is 0 Å². The van der Waals surface area contributed by atoms with Gasteiger partial charge < -0.3 is 9.84 Å². The normalized spacial score (nSPS) is 12.3. The standard InChI is InChI=1S/C17H25BrO3/c1-16(2,3)11-9-12(17(4,5)6)15(13(18)10-11)21-8-7-14(19)20/h9-10H,7-8H2,1-6H3,(H,19,20). The van der Waals surface area contributed by atoms with Gasteiger partial charge in [-0.05, 0) is 38.4 Å². The molecule has 0 fully saturated rings. The average Bonchev–Trinajstić information content (AvgIpc) is 2.27. The van der Waals surface area contributed by atoms with E-state index in [-0.39, 0.29) is 23.9 Å². The van der Waals surface area contributed by atoms with E-state index in [2.05, 4.69) is 69.6 Å². The fourth-order valence-corrected chi connectivity index (χ4v) is 2.55. The molecule has 0 saturated heterocycles. The van der Waals surface area contributed by atoms with Crippen molar-refractivity contribution in [3.63, 3.8) is 0 Å². The summed E-state index contributed by atoms with van der Waals surface area (Å²) in [5, 5.41) is 8.75. The van der Waals surface area contributed by atoms with Crippen LogP contribution in [0, 0.1) is 0 Å². The first-order valence-electron chi connectivity index (χ1n) is 7.12. The third kappa shape index (κ3) is 5.03. The van der Waals surface area contributed by atoms with Gasteiger partial charge in [-0.1, -0.05) is 47.6 Å². The highest BCUT2D eigenvalue weighted by Crippen LogP contribution is 2.40. The van der Waals surface area contributed by atoms with Gasteiger partial charge in [0, 0.05) is 5.56 Å². The summed E-state index contributed by atoms with van der Waals surface area (Å²) < 4.78 is 6.63. The SMILES string of the molecule is CC(C)(C)c1cc(Br)c(OCCC(=O)O)c(C(C)(C)C)c1. The fraction of sp³-hybridized carbons (Fsp3) is 0.588. The van der Waals surface area contributed by atoms with Gasteiger partial charge in [0.2, 0.25) is 0 Å². The van der Waals surface area contributed by atoms with E-state index in [1.807, 2.05) is 0 Å². The molecule has 118 valence electrons. The minimum atomic E-state index is -0.852. The molecule has 1 N–H and O–H groups in total. The molecule has 1 aromatic rings. The lowest BCUT2D eigenvalue weighted by molar-refractivity contribution is -0.137. The summed E-state index contributed by atoms with van der Waals surface area (Å²) in [6, 6.07) is 4.23. The third-order valence-electron chi connectivity index (χ3n) is 3.28. The minimum absolute atomic E-state index is 0.00293. The van der Waals surface area contributed by atoms with Crippen LogP contribution in [0.25, 0.3) is 0 Å². The molecule has 0 unspecified atom stereocenters. The van der Waals surface area contributed by atoms with Crippen molar-refractivity contribution in [2.75, 3.05) is 6.61 Å². The first-order valence-corrected chi connectivity index (χ1v) is 7.91. The van der Waals surface area contributed by atoms with Gasteiger partial charge in [0.15, 0.2) is 0 Å². The van der Waals surface area contributed by atoms with Gasteiger partial charge >= 0.3 is 5.97 Å². The molecule has 0 amide bonds. The van der Waals surface area contributed by atoms with Crippen LogP contribution < -0.4 is 4.74 Å². The van der Waals surface area contributed by atoms with Crippen molar-refractivity contribution in [2.24, 2.45) is 0 Å². The molecule has 0 atom stereocenters. The summed E-state index contributed by atoms with van der Waals surface area (Å²) in [6.07, 6.45) is -0.00293. The van der Waals surface area contributed by atoms with Crippen molar-refractivity contribution >= 4 is 21.9 Å². The maximum atomic E-state index is 10.7. The monoisotopic (exact) mass is 356 g/mol. The van der Waals surface area contributed by atoms with Crippen molar-refractivity contribution in [3.05, 3.63) is 27.7 Å². The van der Waals surface area contributed by atoms with Crippen molar-refractivity contribution in [3.8, 4) is 5.75 Å². The zero-order valence-electron chi connectivity index (χ0n) is 13.7. The Hall–Kier alpha value is -1.03. The largest absolute Gasteiger partial charge is 0.491 e. The van der Waals surface area contributed by atoms with Crippen LogP contribution in [-0.2, 0) is 15.6 Å². The lowest BCUT2D eigenvalue weighted by atomic mass is 9.80. The summed E-state index contributed by atoms with van der Waals surface area (Å²) >= 11 is 3.58. The Kier molecular flexibility index (Phi) is 5.48. The van der Waals surface area contributed by atoms with Gasteiger partial charge in [0.1, 0.15) is 5.75 Å². The van der Waals surface area contributed by atoms with Crippen LogP contribution >= 0.6 is 15.9 Å². The Morgan fingerprint density at radius 3 is 2.14 bits per heavy atom. The van der Waals surface area contributed by atoms with Gasteiger partial charge in [-0.15, -0.1) is 0 Å². The van der Waals surface area contributed by atoms with E-state index >= 15 is 0 Å². The van der Waals surface area contributed by atoms with Gasteiger partial charge in [0.05, 0.1) is 17.5 Å². The lowest BCUT2D eigenvalue weighted by Crippen LogP contribution is -2.18. The van der Waals surface area contributed by atoms with Gasteiger partial charge in [-0.25, -0.2) is 0 Å². The van der Waals surface area contributed by atoms with E-state index in [0.717, 1.165) is 15.8 Å². The fourth-order valence-electron chi connectivity index (χ4n) is 1.97. The first-order chi connectivity index (χ1) is 9.43. The Bertz CT molecular complexity index is 522. The smallest absolute Gasteiger partial charge is 0.306 e. The molecule has 1 aromatic carbocycles. The van der Waals surface area contributed by atoms with Crippen LogP contribution in [-0.4, -0.2) is 17.7 Å². The predicted molar refractivity (Wildman–Crippen MR) is 89.3 cm³/mol. The second-order valence-corrected chi connectivity index (χ2v) is 8.18. The number of ether oxygens (including phenoxy) is 1. The molecular formula is C17H25BrO3. The van der Waals surface area contributed by atoms with E-state index in [1.165, 1.54) is 5.56 Å². The number of carboxylic acid groups (broad SMARTS) is 1. The number of hydrogen-bond donors (Lipinski definition) is 1. The lowest BCUT2D eigenvalue weighted by Gasteiger charge is -2.28. The van der Waals surface area contributed by atoms with Crippen molar-refractivity contribution in [1.82, 2.24) is 0 Å². The topological polar surface area (TPSA) is 46.5 Å². The predicted octanol–water partition coefficient (Wildman–Crippen LogP) is 4.90. The molecule has 1 rings (SSSR count). The Morgan fingerprint density at radius 2 is 1.71 bits per heavy atom. The summed E-state index contributed by atoms with van der Waals surface area (Å²) in [5.41, 5.74) is 2.28. The second-order valence-electron chi connectivity index (χ2n) is 7.33. The maximum Gasteiger partial charge on any atom is 0.306 e. The average molecular weight is 357 g/mol. The highest BCUT2D eigenvalue weighted by molar-refractivity contribution is 9.10. The van der Waals surface area contributed by atoms with Crippen LogP contribution in [0.15, 0.2) is 16.6 Å². The van der Waals surface area contributed by atoms with Crippen LogP contribution in [0.4, 0.5) is 0 Å². The Morgan fingerprint density at radius 1 is 1.14 bits per heavy atom. The van der Waals surface area contributed by atoms with E-state index < -0.39 is 5.97 Å². The number of aliphatic carboxylic acids is 1. The molecule has 4 heteroatoms. The maximum absolute atomic E-state index is 10.7. The van der Waals surface area contributed by atoms with E-state index in [9.17, 15) is 4.79 Å². The van der Waals surface area contributed by atoms with Crippen LogP contribution in [0.5, 0.6) is 5.75 Å². The number of rotatable bonds is 4. The molecule has 21 heavy (non-hydrogen) atoms. The van der Waals surface area contributed by atoms with Crippen molar-refractivity contribution in [1.29, 1.82) is 0 Å². The molecule has 0 heterocycles. The molecule has 0 aliphatic carbocycles. The van der Waals surface area contributed by atoms with Crippen LogP contribution in [0.1, 0.15) is 59.1 Å². The number of carbonyl (C=O) groups is 1. The number of benzene rings is 1. The van der Waals surface area contributed by atoms with E-state index in [1.54, 1.807) is 0 Å². The summed E-state index contributed by atoms with van der Waals surface area (Å²) in [7, 11) is 0. The van der Waals surface area contributed by atoms with Crippen molar-refractivity contribution in [2.45, 2.75) is 58.8 Å². The molecule has 0 aliphatic heterocycles. The first kappa shape index (κ1) is 18.0. The molecule has 0 aromatic heterocycles. The number of halogens is 1. The quantitative estimate of drug-likeness (QED) is 0.834. The Labute approximate surface area is 135 Å². The molecule has 0 radical (unpaired) electrons. The van der Waals surface area contributed by atoms with Crippen LogP contribution in [0.2, 0.25) is 0 Å². The minimum Gasteiger partial charge on any atom is -0.491 e. The second kappa shape index (κ2) is 6.39. The highest BCUT2D eigenvalue weighted by Gasteiger charge is 2.25. The number of hydrogen-bond acceptors (Lipinski definition) is 2. The molecule has 0 bridgehead atoms. The van der Waals surface area contributed by atoms with Crippen molar-refractivity contribution < 1.29 is 14.6 Å². The zero-order chi connectivity index (χ0) is 16.4. The summed E-state index contributed by atoms with van der Waals surface area (Å²) in [5.74, 6) is -0.105. The Balaban J connectivity index is 3.26. The summed E-state index contributed by atoms with van der Waals surface area (Å²) in [4.78, 5) is 10.7. The molecule has 0 saturated carbocycles. The van der Waals surface area contributed by atoms with Crippen LogP contribution in [0.3, 0.4) is 0 Å². The molecule has 3 nitrogen and oxygen atoms in total. The van der Waals surface area contributed by atoms with E-state index in [0.29, 0.717) is 0 Å². The summed E-state index contributed by atoms with van der Waals surface area (Å²) in [6.45, 7) is 13.1. The molecule has 0 spiro atoms. The molecular weight excluding hydrogens is 332 g/mol. The van der Waals surface area contributed by atoms with Gasteiger partial charge in [0.25, 0.3) is 0 Å². The number of carboxylic acids is 1. The third-order valence-corrected chi connectivity index (χ3v) is 3.87.